The molecule has 1 saturated carbocycles. The third-order valence-corrected chi connectivity index (χ3v) is 4.57. The average Bonchev–Trinajstić information content (AvgIpc) is 2.99. The van der Waals surface area contributed by atoms with E-state index in [-0.39, 0.29) is 5.91 Å². The van der Waals surface area contributed by atoms with Crippen LogP contribution in [0.25, 0.3) is 0 Å². The molecule has 1 aromatic heterocycles. The number of nitriles is 1. The number of hydrogen-bond donors (Lipinski definition) is 0. The predicted octanol–water partition coefficient (Wildman–Crippen LogP) is 2.49. The molecule has 1 fully saturated rings. The van der Waals surface area contributed by atoms with Crippen LogP contribution in [0.2, 0.25) is 0 Å². The quantitative estimate of drug-likeness (QED) is 0.842. The Morgan fingerprint density at radius 1 is 1.61 bits per heavy atom. The van der Waals surface area contributed by atoms with Crippen LogP contribution in [-0.4, -0.2) is 22.8 Å². The Kier molecular flexibility index (Phi) is 3.67. The summed E-state index contributed by atoms with van der Waals surface area (Å²) in [6, 6.07) is 2.25. The maximum Gasteiger partial charge on any atom is 0.243 e. The summed E-state index contributed by atoms with van der Waals surface area (Å²) >= 11 is 1.56. The zero-order valence-corrected chi connectivity index (χ0v) is 11.6. The summed E-state index contributed by atoms with van der Waals surface area (Å²) < 4.78 is 0. The molecule has 1 aliphatic carbocycles. The Hall–Kier alpha value is -1.41. The molecule has 96 valence electrons. The fraction of sp³-hybridized carbons (Fsp3) is 0.615. The lowest BCUT2D eigenvalue weighted by atomic mass is 9.86. The Bertz CT molecular complexity index is 483. The largest absolute Gasteiger partial charge is 0.339 e. The van der Waals surface area contributed by atoms with Crippen LogP contribution in [0.5, 0.6) is 0 Å². The second-order valence-corrected chi connectivity index (χ2v) is 5.86. The first-order valence-electron chi connectivity index (χ1n) is 6.15. The van der Waals surface area contributed by atoms with E-state index in [4.69, 9.17) is 0 Å². The minimum absolute atomic E-state index is 0.0321. The number of aryl methyl sites for hydroxylation is 1. The van der Waals surface area contributed by atoms with E-state index in [2.05, 4.69) is 11.1 Å². The molecule has 0 aromatic carbocycles. The number of carbonyl (C=O) groups excluding carboxylic acids is 1. The van der Waals surface area contributed by atoms with Crippen LogP contribution in [0.1, 0.15) is 36.3 Å². The fourth-order valence-electron chi connectivity index (χ4n) is 2.48. The zero-order chi connectivity index (χ0) is 13.2. The molecule has 18 heavy (non-hydrogen) atoms. The normalized spacial score (nSPS) is 17.4. The molecule has 0 atom stereocenters. The number of amides is 1. The summed E-state index contributed by atoms with van der Waals surface area (Å²) in [6.45, 7) is 2.50. The van der Waals surface area contributed by atoms with E-state index in [1.807, 2.05) is 6.92 Å². The van der Waals surface area contributed by atoms with Crippen molar-refractivity contribution in [2.24, 2.45) is 5.41 Å². The van der Waals surface area contributed by atoms with Crippen LogP contribution in [0.15, 0.2) is 5.51 Å². The van der Waals surface area contributed by atoms with Crippen LogP contribution < -0.4 is 0 Å². The van der Waals surface area contributed by atoms with E-state index >= 15 is 0 Å². The Morgan fingerprint density at radius 3 is 2.78 bits per heavy atom. The van der Waals surface area contributed by atoms with Gasteiger partial charge in [0.05, 0.1) is 23.8 Å². The van der Waals surface area contributed by atoms with Gasteiger partial charge in [0.1, 0.15) is 5.41 Å². The molecule has 0 saturated heterocycles. The summed E-state index contributed by atoms with van der Waals surface area (Å²) in [5, 5.41) is 9.31. The summed E-state index contributed by atoms with van der Waals surface area (Å²) in [6.07, 6.45) is 3.36. The molecule has 1 aromatic rings. The molecular weight excluding hydrogens is 246 g/mol. The summed E-state index contributed by atoms with van der Waals surface area (Å²) in [4.78, 5) is 19.4. The van der Waals surface area contributed by atoms with Gasteiger partial charge in [0.2, 0.25) is 5.91 Å². The average molecular weight is 263 g/mol. The van der Waals surface area contributed by atoms with Crippen LogP contribution in [-0.2, 0) is 11.3 Å². The van der Waals surface area contributed by atoms with Crippen molar-refractivity contribution < 1.29 is 4.79 Å². The van der Waals surface area contributed by atoms with Crippen LogP contribution in [0.4, 0.5) is 0 Å². The first-order valence-corrected chi connectivity index (χ1v) is 7.03. The third-order valence-electron chi connectivity index (χ3n) is 3.65. The lowest BCUT2D eigenvalue weighted by molar-refractivity contribution is -0.138. The molecule has 0 bridgehead atoms. The van der Waals surface area contributed by atoms with Crippen molar-refractivity contribution in [1.82, 2.24) is 9.88 Å². The smallest absolute Gasteiger partial charge is 0.243 e. The molecule has 1 aliphatic rings. The minimum Gasteiger partial charge on any atom is -0.339 e. The number of carbonyl (C=O) groups is 1. The van der Waals surface area contributed by atoms with Crippen LogP contribution >= 0.6 is 11.3 Å². The molecular formula is C13H17N3OS. The van der Waals surface area contributed by atoms with Gasteiger partial charge in [0.15, 0.2) is 0 Å². The molecule has 0 unspecified atom stereocenters. The van der Waals surface area contributed by atoms with Crippen molar-refractivity contribution in [1.29, 1.82) is 5.26 Å². The summed E-state index contributed by atoms with van der Waals surface area (Å²) in [7, 11) is 1.78. The van der Waals surface area contributed by atoms with Gasteiger partial charge in [-0.15, -0.1) is 11.3 Å². The van der Waals surface area contributed by atoms with Crippen molar-refractivity contribution in [2.45, 2.75) is 39.2 Å². The number of thiazole rings is 1. The highest BCUT2D eigenvalue weighted by molar-refractivity contribution is 7.09. The second kappa shape index (κ2) is 5.07. The first kappa shape index (κ1) is 13.0. The van der Waals surface area contributed by atoms with Gasteiger partial charge in [-0.25, -0.2) is 4.98 Å². The van der Waals surface area contributed by atoms with E-state index in [9.17, 15) is 10.1 Å². The number of aromatic nitrogens is 1. The molecule has 2 rings (SSSR count). The van der Waals surface area contributed by atoms with Crippen molar-refractivity contribution in [3.63, 3.8) is 0 Å². The first-order chi connectivity index (χ1) is 8.59. The maximum absolute atomic E-state index is 12.4. The number of hydrogen-bond acceptors (Lipinski definition) is 4. The van der Waals surface area contributed by atoms with Crippen molar-refractivity contribution in [3.05, 3.63) is 16.1 Å². The van der Waals surface area contributed by atoms with Gasteiger partial charge in [-0.2, -0.15) is 5.26 Å². The molecule has 1 heterocycles. The van der Waals surface area contributed by atoms with Crippen molar-refractivity contribution >= 4 is 17.2 Å². The van der Waals surface area contributed by atoms with Gasteiger partial charge in [0.25, 0.3) is 0 Å². The maximum atomic E-state index is 12.4. The Labute approximate surface area is 111 Å². The van der Waals surface area contributed by atoms with E-state index in [1.165, 1.54) is 0 Å². The molecule has 1 amide bonds. The monoisotopic (exact) mass is 263 g/mol. The lowest BCUT2D eigenvalue weighted by Crippen LogP contribution is -2.39. The van der Waals surface area contributed by atoms with Crippen LogP contribution in [0.3, 0.4) is 0 Å². The molecule has 0 N–H and O–H groups in total. The Balaban J connectivity index is 2.10. The molecule has 0 aliphatic heterocycles. The lowest BCUT2D eigenvalue weighted by Gasteiger charge is -2.26. The van der Waals surface area contributed by atoms with Crippen LogP contribution in [0, 0.1) is 23.7 Å². The molecule has 4 nitrogen and oxygen atoms in total. The summed E-state index contributed by atoms with van der Waals surface area (Å²) in [5.41, 5.74) is 1.99. The second-order valence-electron chi connectivity index (χ2n) is 4.92. The van der Waals surface area contributed by atoms with Gasteiger partial charge < -0.3 is 4.90 Å². The molecule has 5 heteroatoms. The minimum atomic E-state index is -0.770. The fourth-order valence-corrected chi connectivity index (χ4v) is 3.31. The third kappa shape index (κ3) is 2.25. The predicted molar refractivity (Wildman–Crippen MR) is 69.8 cm³/mol. The van der Waals surface area contributed by atoms with E-state index < -0.39 is 5.41 Å². The highest BCUT2D eigenvalue weighted by Gasteiger charge is 2.43. The number of rotatable bonds is 3. The van der Waals surface area contributed by atoms with Crippen molar-refractivity contribution in [2.75, 3.05) is 7.05 Å². The standard InChI is InChI=1S/C13H17N3OS/c1-10-11(18-9-15-10)7-16(2)12(17)13(8-14)5-3-4-6-13/h9H,3-7H2,1-2H3. The molecule has 0 radical (unpaired) electrons. The van der Waals surface area contributed by atoms with Gasteiger partial charge in [0, 0.05) is 11.9 Å². The van der Waals surface area contributed by atoms with Gasteiger partial charge in [-0.1, -0.05) is 12.8 Å². The van der Waals surface area contributed by atoms with Crippen molar-refractivity contribution in [3.8, 4) is 6.07 Å². The van der Waals surface area contributed by atoms with E-state index in [0.717, 1.165) is 23.4 Å². The summed E-state index contributed by atoms with van der Waals surface area (Å²) in [5.74, 6) is -0.0321. The highest BCUT2D eigenvalue weighted by atomic mass is 32.1. The van der Waals surface area contributed by atoms with E-state index in [1.54, 1.807) is 28.8 Å². The van der Waals surface area contributed by atoms with Gasteiger partial charge in [-0.05, 0) is 19.8 Å². The highest BCUT2D eigenvalue weighted by Crippen LogP contribution is 2.39. The topological polar surface area (TPSA) is 57.0 Å². The number of nitrogens with zero attached hydrogens (tertiary/aromatic N) is 3. The van der Waals surface area contributed by atoms with Gasteiger partial charge >= 0.3 is 0 Å². The zero-order valence-electron chi connectivity index (χ0n) is 10.8. The van der Waals surface area contributed by atoms with Gasteiger partial charge in [-0.3, -0.25) is 4.79 Å². The van der Waals surface area contributed by atoms with E-state index in [0.29, 0.717) is 19.4 Å². The Morgan fingerprint density at radius 2 is 2.28 bits per heavy atom. The molecule has 0 spiro atoms. The SMILES string of the molecule is Cc1ncsc1CN(C)C(=O)C1(C#N)CCCC1.